The molecule has 0 aliphatic rings. The van der Waals surface area contributed by atoms with Gasteiger partial charge in [0.1, 0.15) is 17.3 Å². The van der Waals surface area contributed by atoms with E-state index >= 15 is 0 Å². The van der Waals surface area contributed by atoms with Crippen LogP contribution in [0.25, 0.3) is 22.2 Å². The van der Waals surface area contributed by atoms with Crippen molar-refractivity contribution in [3.8, 4) is 22.6 Å². The average Bonchev–Trinajstić information content (AvgIpc) is 2.83. The van der Waals surface area contributed by atoms with E-state index in [1.807, 2.05) is 39.0 Å². The fraction of sp³-hybridized carbons (Fsp3) is 0.400. The largest absolute Gasteiger partial charge is 0.497 e. The van der Waals surface area contributed by atoms with E-state index in [1.165, 1.54) is 0 Å². The first kappa shape index (κ1) is 27.2. The Morgan fingerprint density at radius 3 is 2.27 bits per heavy atom. The number of carbonyl (C=O) groups is 2. The highest BCUT2D eigenvalue weighted by Crippen LogP contribution is 2.35. The van der Waals surface area contributed by atoms with Crippen molar-refractivity contribution in [3.05, 3.63) is 30.5 Å². The highest BCUT2D eigenvalue weighted by atomic mass is 16.5. The monoisotopic (exact) mass is 511 g/mol. The number of nitrogens with zero attached hydrogens (tertiary/aromatic N) is 3. The van der Waals surface area contributed by atoms with Crippen molar-refractivity contribution in [2.45, 2.75) is 39.2 Å². The van der Waals surface area contributed by atoms with Gasteiger partial charge in [0.05, 0.1) is 14.2 Å². The zero-order chi connectivity index (χ0) is 27.0. The van der Waals surface area contributed by atoms with Gasteiger partial charge >= 0.3 is 12.1 Å². The van der Waals surface area contributed by atoms with Gasteiger partial charge in [0.15, 0.2) is 5.65 Å². The molecule has 0 aliphatic heterocycles. The number of nitrogens with one attached hydrogen (secondary N) is 4. The van der Waals surface area contributed by atoms with E-state index in [-0.39, 0.29) is 0 Å². The fourth-order valence-electron chi connectivity index (χ4n) is 3.45. The number of amides is 3. The van der Waals surface area contributed by atoms with Crippen molar-refractivity contribution >= 4 is 34.9 Å². The Morgan fingerprint density at radius 2 is 1.65 bits per heavy atom. The molecule has 0 unspecified atom stereocenters. The first-order valence-electron chi connectivity index (χ1n) is 11.8. The van der Waals surface area contributed by atoms with E-state index in [0.29, 0.717) is 59.4 Å². The molecule has 0 spiro atoms. The van der Waals surface area contributed by atoms with Crippen molar-refractivity contribution in [2.75, 3.05) is 37.9 Å². The standard InChI is InChI=1S/C25H33N7O5/c1-25(2,3)32-23(33)31-21-19(15-10-17(36-4)13-18(11-15)37-5)12-16-14-28-22(30-20(16)29-21)26-8-6-7-9-27-24(34)35/h10-14,27H,6-9H2,1-5H3,(H,34,35)(H3,26,28,29,30,31,32,33). The lowest BCUT2D eigenvalue weighted by Gasteiger charge is -2.21. The molecule has 198 valence electrons. The molecule has 0 bridgehead atoms. The van der Waals surface area contributed by atoms with Crippen LogP contribution in [0.1, 0.15) is 33.6 Å². The first-order chi connectivity index (χ1) is 17.6. The van der Waals surface area contributed by atoms with Crippen LogP contribution < -0.4 is 30.7 Å². The highest BCUT2D eigenvalue weighted by molar-refractivity contribution is 5.96. The molecule has 0 atom stereocenters. The molecule has 12 heteroatoms. The summed E-state index contributed by atoms with van der Waals surface area (Å²) in [6.07, 6.45) is 2.02. The molecule has 0 saturated heterocycles. The van der Waals surface area contributed by atoms with Gasteiger partial charge in [-0.2, -0.15) is 4.98 Å². The quantitative estimate of drug-likeness (QED) is 0.253. The summed E-state index contributed by atoms with van der Waals surface area (Å²) in [4.78, 5) is 36.8. The number of benzene rings is 1. The lowest BCUT2D eigenvalue weighted by molar-refractivity contribution is 0.194. The molecule has 0 radical (unpaired) electrons. The zero-order valence-electron chi connectivity index (χ0n) is 21.6. The summed E-state index contributed by atoms with van der Waals surface area (Å²) in [5.41, 5.74) is 1.33. The average molecular weight is 512 g/mol. The van der Waals surface area contributed by atoms with Gasteiger partial charge in [-0.15, -0.1) is 0 Å². The lowest BCUT2D eigenvalue weighted by Crippen LogP contribution is -2.43. The van der Waals surface area contributed by atoms with E-state index < -0.39 is 17.7 Å². The third-order valence-corrected chi connectivity index (χ3v) is 5.11. The molecule has 3 rings (SSSR count). The summed E-state index contributed by atoms with van der Waals surface area (Å²) in [6.45, 7) is 6.60. The summed E-state index contributed by atoms with van der Waals surface area (Å²) in [5, 5.41) is 20.5. The number of carbonyl (C=O) groups excluding carboxylic acids is 1. The Bertz CT molecular complexity index is 1240. The van der Waals surface area contributed by atoms with E-state index in [4.69, 9.17) is 14.6 Å². The van der Waals surface area contributed by atoms with Crippen LogP contribution in [0.2, 0.25) is 0 Å². The molecule has 2 aromatic heterocycles. The number of ether oxygens (including phenoxy) is 2. The van der Waals surface area contributed by atoms with Crippen molar-refractivity contribution in [1.82, 2.24) is 25.6 Å². The van der Waals surface area contributed by atoms with Crippen LogP contribution in [-0.4, -0.2) is 65.0 Å². The number of unbranched alkanes of at least 4 members (excludes halogenated alkanes) is 1. The van der Waals surface area contributed by atoms with Crippen LogP contribution >= 0.6 is 0 Å². The van der Waals surface area contributed by atoms with E-state index in [1.54, 1.807) is 26.5 Å². The fourth-order valence-corrected chi connectivity index (χ4v) is 3.45. The van der Waals surface area contributed by atoms with Crippen LogP contribution in [-0.2, 0) is 0 Å². The van der Waals surface area contributed by atoms with Gasteiger partial charge in [0, 0.05) is 41.8 Å². The van der Waals surface area contributed by atoms with Crippen LogP contribution in [0.5, 0.6) is 11.5 Å². The Labute approximate surface area is 215 Å². The molecule has 3 amide bonds. The van der Waals surface area contributed by atoms with E-state index in [0.717, 1.165) is 12.0 Å². The molecule has 0 saturated carbocycles. The maximum absolute atomic E-state index is 12.7. The lowest BCUT2D eigenvalue weighted by atomic mass is 10.0. The molecule has 0 aliphatic carbocycles. The summed E-state index contributed by atoms with van der Waals surface area (Å²) >= 11 is 0. The van der Waals surface area contributed by atoms with Gasteiger partial charge < -0.3 is 30.5 Å². The van der Waals surface area contributed by atoms with E-state index in [9.17, 15) is 9.59 Å². The maximum atomic E-state index is 12.7. The van der Waals surface area contributed by atoms with E-state index in [2.05, 4.69) is 36.2 Å². The molecule has 12 nitrogen and oxygen atoms in total. The van der Waals surface area contributed by atoms with Crippen LogP contribution in [0, 0.1) is 0 Å². The number of hydrogen-bond acceptors (Lipinski definition) is 8. The van der Waals surface area contributed by atoms with Crippen LogP contribution in [0.4, 0.5) is 21.4 Å². The number of carboxylic acid groups (broad SMARTS) is 1. The van der Waals surface area contributed by atoms with Crippen molar-refractivity contribution in [3.63, 3.8) is 0 Å². The van der Waals surface area contributed by atoms with Crippen molar-refractivity contribution < 1.29 is 24.2 Å². The first-order valence-corrected chi connectivity index (χ1v) is 11.8. The molecule has 0 fully saturated rings. The minimum Gasteiger partial charge on any atom is -0.497 e. The second-order valence-electron chi connectivity index (χ2n) is 9.29. The molecular formula is C25H33N7O5. The summed E-state index contributed by atoms with van der Waals surface area (Å²) in [6, 6.07) is 6.86. The number of fused-ring (bicyclic) bond motifs is 1. The number of pyridine rings is 1. The van der Waals surface area contributed by atoms with Crippen LogP contribution in [0.15, 0.2) is 30.5 Å². The Kier molecular flexibility index (Phi) is 8.88. The van der Waals surface area contributed by atoms with Crippen LogP contribution in [0.3, 0.4) is 0 Å². The minimum absolute atomic E-state index is 0.314. The molecule has 5 N–H and O–H groups in total. The third-order valence-electron chi connectivity index (χ3n) is 5.11. The van der Waals surface area contributed by atoms with Gasteiger partial charge in [-0.05, 0) is 57.4 Å². The van der Waals surface area contributed by atoms with Gasteiger partial charge in [-0.25, -0.2) is 19.6 Å². The molecule has 2 heterocycles. The number of hydrogen-bond donors (Lipinski definition) is 5. The molecule has 1 aromatic carbocycles. The van der Waals surface area contributed by atoms with Crippen molar-refractivity contribution in [1.29, 1.82) is 0 Å². The minimum atomic E-state index is -1.04. The highest BCUT2D eigenvalue weighted by Gasteiger charge is 2.18. The second-order valence-corrected chi connectivity index (χ2v) is 9.29. The Hall–Kier alpha value is -4.35. The summed E-state index contributed by atoms with van der Waals surface area (Å²) in [7, 11) is 3.14. The van der Waals surface area contributed by atoms with Gasteiger partial charge in [-0.1, -0.05) is 0 Å². The van der Waals surface area contributed by atoms with Gasteiger partial charge in [-0.3, -0.25) is 5.32 Å². The maximum Gasteiger partial charge on any atom is 0.404 e. The summed E-state index contributed by atoms with van der Waals surface area (Å²) in [5.74, 6) is 1.88. The number of urea groups is 1. The van der Waals surface area contributed by atoms with Gasteiger partial charge in [0.2, 0.25) is 5.95 Å². The Morgan fingerprint density at radius 1 is 0.973 bits per heavy atom. The zero-order valence-corrected chi connectivity index (χ0v) is 21.6. The number of anilines is 2. The second kappa shape index (κ2) is 12.1. The predicted octanol–water partition coefficient (Wildman–Crippen LogP) is 4.09. The predicted molar refractivity (Wildman–Crippen MR) is 142 cm³/mol. The number of methoxy groups -OCH3 is 2. The topological polar surface area (TPSA) is 160 Å². The summed E-state index contributed by atoms with van der Waals surface area (Å²) < 4.78 is 10.8. The molecular weight excluding hydrogens is 478 g/mol. The normalized spacial score (nSPS) is 11.1. The Balaban J connectivity index is 1.93. The SMILES string of the molecule is COc1cc(OC)cc(-c2cc3cnc(NCCCCNC(=O)O)nc3nc2NC(=O)NC(C)(C)C)c1. The smallest absolute Gasteiger partial charge is 0.404 e. The molecule has 3 aromatic rings. The third kappa shape index (κ3) is 8.09. The number of rotatable bonds is 10. The van der Waals surface area contributed by atoms with Gasteiger partial charge in [0.25, 0.3) is 0 Å². The number of aromatic nitrogens is 3. The molecule has 37 heavy (non-hydrogen) atoms. The van der Waals surface area contributed by atoms with Crippen molar-refractivity contribution in [2.24, 2.45) is 0 Å².